The summed E-state index contributed by atoms with van der Waals surface area (Å²) < 4.78 is 29.4. The van der Waals surface area contributed by atoms with E-state index >= 15 is 0 Å². The zero-order chi connectivity index (χ0) is 38.6. The van der Waals surface area contributed by atoms with Crippen molar-refractivity contribution in [3.63, 3.8) is 0 Å². The van der Waals surface area contributed by atoms with Crippen LogP contribution in [0.4, 0.5) is 11.4 Å². The highest BCUT2D eigenvalue weighted by Gasteiger charge is 2.20. The third kappa shape index (κ3) is 8.26. The molecule has 8 aromatic rings. The van der Waals surface area contributed by atoms with Gasteiger partial charge in [-0.15, -0.1) is 22.7 Å². The number of thiazole rings is 2. The van der Waals surface area contributed by atoms with Crippen molar-refractivity contribution in [3.8, 4) is 43.9 Å². The predicted octanol–water partition coefficient (Wildman–Crippen LogP) is 5.46. The summed E-state index contributed by atoms with van der Waals surface area (Å²) in [5, 5.41) is 27.5. The molecule has 0 radical (unpaired) electrons. The summed E-state index contributed by atoms with van der Waals surface area (Å²) >= 11 is 2.55. The molecule has 0 aromatic carbocycles. The van der Waals surface area contributed by atoms with E-state index in [9.17, 15) is 14.2 Å². The zero-order valence-electron chi connectivity index (χ0n) is 29.4. The molecule has 8 heterocycles. The standard InChI is InChI=1S/C34H29N14O5PS2/c1-45-15-25(29(43-45)23-7-3-5-9-35-23)39-31(49)27-17-55-33(41-27)21-11-37-47(13-21)19-52-54(51)53-20-48-14-22(12-38-48)34-42-28(18-56-34)32(50)40-26-16-46(2)44-30(26)24-8-4-6-10-36-24/h3-18,54H,19-20H2,1-2H3,(H,39,49)(H,40,50). The Morgan fingerprint density at radius 3 is 1.59 bits per heavy atom. The number of aryl methyl sites for hydroxylation is 2. The Bertz CT molecular complexity index is 2490. The molecule has 0 aliphatic rings. The largest absolute Gasteiger partial charge is 0.322 e. The SMILES string of the molecule is Cn1cc(NC(=O)c2csc(-c3cnn(CO[PH](=O)OCn4cc(-c5nc(C(=O)Nc6cn(C)nc6-c6ccccn6)cs5)cn4)c3)n2)c(-c2ccccn2)n1. The van der Waals surface area contributed by atoms with Crippen LogP contribution in [0.3, 0.4) is 0 Å². The van der Waals surface area contributed by atoms with Gasteiger partial charge in [-0.2, -0.15) is 20.4 Å². The van der Waals surface area contributed by atoms with Gasteiger partial charge in [0.1, 0.15) is 46.3 Å². The molecule has 22 heteroatoms. The highest BCUT2D eigenvalue weighted by molar-refractivity contribution is 7.33. The van der Waals surface area contributed by atoms with E-state index in [1.54, 1.807) is 95.9 Å². The smallest absolute Gasteiger partial charge is 0.317 e. The second-order valence-corrected chi connectivity index (χ2v) is 14.7. The van der Waals surface area contributed by atoms with Crippen LogP contribution in [0.25, 0.3) is 43.9 Å². The van der Waals surface area contributed by atoms with Crippen molar-refractivity contribution >= 4 is 54.1 Å². The van der Waals surface area contributed by atoms with E-state index in [1.165, 1.54) is 32.0 Å². The number of hydrogen-bond acceptors (Lipinski definition) is 15. The van der Waals surface area contributed by atoms with E-state index in [2.05, 4.69) is 51.0 Å². The van der Waals surface area contributed by atoms with Crippen LogP contribution in [-0.2, 0) is 41.2 Å². The molecule has 2 N–H and O–H groups in total. The molecule has 282 valence electrons. The van der Waals surface area contributed by atoms with E-state index in [1.807, 2.05) is 24.3 Å². The van der Waals surface area contributed by atoms with E-state index in [0.717, 1.165) is 0 Å². The van der Waals surface area contributed by atoms with E-state index in [4.69, 9.17) is 9.05 Å². The zero-order valence-corrected chi connectivity index (χ0v) is 32.0. The van der Waals surface area contributed by atoms with Gasteiger partial charge in [-0.25, -0.2) is 19.3 Å². The Kier molecular flexibility index (Phi) is 10.5. The first-order valence-corrected chi connectivity index (χ1v) is 19.5. The monoisotopic (exact) mass is 808 g/mol. The maximum Gasteiger partial charge on any atom is 0.322 e. The third-order valence-corrected chi connectivity index (χ3v) is 10.3. The molecule has 0 bridgehead atoms. The van der Waals surface area contributed by atoms with Crippen molar-refractivity contribution in [2.24, 2.45) is 14.1 Å². The molecule has 0 spiro atoms. The number of amides is 2. The number of anilines is 2. The number of aromatic nitrogens is 12. The van der Waals surface area contributed by atoms with E-state index < -0.39 is 20.1 Å². The minimum absolute atomic E-state index is 0.148. The van der Waals surface area contributed by atoms with Crippen LogP contribution in [0, 0.1) is 0 Å². The quantitative estimate of drug-likeness (QED) is 0.131. The number of nitrogens with one attached hydrogen (secondary N) is 2. The Morgan fingerprint density at radius 2 is 1.16 bits per heavy atom. The van der Waals surface area contributed by atoms with Gasteiger partial charge in [0, 0.05) is 73.2 Å². The van der Waals surface area contributed by atoms with Gasteiger partial charge in [0.05, 0.1) is 35.2 Å². The summed E-state index contributed by atoms with van der Waals surface area (Å²) in [6, 6.07) is 10.9. The maximum atomic E-state index is 13.1. The van der Waals surface area contributed by atoms with Gasteiger partial charge < -0.3 is 10.6 Å². The average molecular weight is 809 g/mol. The van der Waals surface area contributed by atoms with Crippen LogP contribution in [0.2, 0.25) is 0 Å². The van der Waals surface area contributed by atoms with E-state index in [-0.39, 0.29) is 24.8 Å². The summed E-state index contributed by atoms with van der Waals surface area (Å²) in [5.74, 6) is -0.796. The Balaban J connectivity index is 0.813. The van der Waals surface area contributed by atoms with Gasteiger partial charge in [-0.05, 0) is 24.3 Å². The number of pyridine rings is 2. The molecular weight excluding hydrogens is 780 g/mol. The van der Waals surface area contributed by atoms with Gasteiger partial charge in [0.25, 0.3) is 11.8 Å². The first-order valence-electron chi connectivity index (χ1n) is 16.5. The van der Waals surface area contributed by atoms with Crippen molar-refractivity contribution < 1.29 is 23.2 Å². The first kappa shape index (κ1) is 36.5. The third-order valence-electron chi connectivity index (χ3n) is 7.83. The highest BCUT2D eigenvalue weighted by atomic mass is 32.1. The molecule has 8 aromatic heterocycles. The van der Waals surface area contributed by atoms with Crippen molar-refractivity contribution in [1.82, 2.24) is 59.1 Å². The number of carbonyl (C=O) groups excluding carboxylic acids is 2. The lowest BCUT2D eigenvalue weighted by atomic mass is 10.2. The minimum Gasteiger partial charge on any atom is -0.317 e. The molecule has 0 aliphatic heterocycles. The maximum absolute atomic E-state index is 13.1. The van der Waals surface area contributed by atoms with Crippen LogP contribution in [0.5, 0.6) is 0 Å². The Hall–Kier alpha value is -6.51. The van der Waals surface area contributed by atoms with Crippen molar-refractivity contribution in [1.29, 1.82) is 0 Å². The lowest BCUT2D eigenvalue weighted by molar-refractivity contribution is 0.101. The number of nitrogens with zero attached hydrogens (tertiary/aromatic N) is 12. The second-order valence-electron chi connectivity index (χ2n) is 11.9. The molecule has 0 atom stereocenters. The molecule has 0 fully saturated rings. The molecular formula is C34H29N14O5PS2. The topological polar surface area (TPSA) is 217 Å². The lowest BCUT2D eigenvalue weighted by Gasteiger charge is -2.05. The van der Waals surface area contributed by atoms with Crippen molar-refractivity contribution in [3.05, 3.63) is 108 Å². The van der Waals surface area contributed by atoms with Crippen molar-refractivity contribution in [2.75, 3.05) is 10.6 Å². The molecule has 0 aliphatic carbocycles. The fraction of sp³-hybridized carbons (Fsp3) is 0.118. The van der Waals surface area contributed by atoms with Crippen LogP contribution in [0.1, 0.15) is 21.0 Å². The second kappa shape index (κ2) is 16.1. The molecule has 2 amide bonds. The predicted molar refractivity (Wildman–Crippen MR) is 207 cm³/mol. The van der Waals surface area contributed by atoms with Crippen LogP contribution in [-0.4, -0.2) is 70.9 Å². The summed E-state index contributed by atoms with van der Waals surface area (Å²) in [4.78, 5) is 43.7. The molecule has 0 saturated heterocycles. The number of hydrogen-bond donors (Lipinski definition) is 2. The molecule has 0 saturated carbocycles. The fourth-order valence-electron chi connectivity index (χ4n) is 5.31. The average Bonchev–Trinajstić information content (AvgIpc) is 4.06. The summed E-state index contributed by atoms with van der Waals surface area (Å²) in [5.41, 5.74) is 5.10. The van der Waals surface area contributed by atoms with Gasteiger partial charge in [-0.3, -0.25) is 42.5 Å². The Labute approximate surface area is 325 Å². The summed E-state index contributed by atoms with van der Waals surface area (Å²) in [7, 11) is 0.587. The molecule has 56 heavy (non-hydrogen) atoms. The summed E-state index contributed by atoms with van der Waals surface area (Å²) in [6.45, 7) is -0.297. The summed E-state index contributed by atoms with van der Waals surface area (Å²) in [6.07, 6.45) is 13.2. The van der Waals surface area contributed by atoms with Gasteiger partial charge in [-0.1, -0.05) is 12.1 Å². The minimum atomic E-state index is -2.94. The molecule has 19 nitrogen and oxygen atoms in total. The first-order chi connectivity index (χ1) is 27.3. The number of rotatable bonds is 14. The van der Waals surface area contributed by atoms with Crippen molar-refractivity contribution in [2.45, 2.75) is 13.5 Å². The van der Waals surface area contributed by atoms with Crippen LogP contribution in [0.15, 0.2) is 96.7 Å². The number of carbonyl (C=O) groups is 2. The normalized spacial score (nSPS) is 11.3. The van der Waals surface area contributed by atoms with Gasteiger partial charge >= 0.3 is 8.25 Å². The molecule has 0 unspecified atom stereocenters. The van der Waals surface area contributed by atoms with Gasteiger partial charge in [0.2, 0.25) is 0 Å². The van der Waals surface area contributed by atoms with Gasteiger partial charge in [0.15, 0.2) is 0 Å². The fourth-order valence-corrected chi connectivity index (χ4v) is 7.42. The van der Waals surface area contributed by atoms with Crippen LogP contribution >= 0.6 is 30.9 Å². The Morgan fingerprint density at radius 1 is 0.696 bits per heavy atom. The highest BCUT2D eigenvalue weighted by Crippen LogP contribution is 2.30. The molecule has 8 rings (SSSR count). The van der Waals surface area contributed by atoms with Crippen LogP contribution < -0.4 is 10.6 Å². The van der Waals surface area contributed by atoms with E-state index in [0.29, 0.717) is 55.3 Å². The lowest BCUT2D eigenvalue weighted by Crippen LogP contribution is -2.12.